The Labute approximate surface area is 155 Å². The topological polar surface area (TPSA) is 56.8 Å². The summed E-state index contributed by atoms with van der Waals surface area (Å²) >= 11 is 0. The predicted octanol–water partition coefficient (Wildman–Crippen LogP) is 4.52. The third-order valence-corrected chi connectivity index (χ3v) is 3.67. The first-order valence-corrected chi connectivity index (χ1v) is 8.82. The number of methoxy groups -OCH3 is 1. The molecule has 5 heteroatoms. The number of ether oxygens (including phenoxy) is 3. The van der Waals surface area contributed by atoms with Gasteiger partial charge in [-0.15, -0.1) is 0 Å². The van der Waals surface area contributed by atoms with Gasteiger partial charge in [-0.05, 0) is 55.3 Å². The van der Waals surface area contributed by atoms with Crippen LogP contribution in [-0.2, 0) is 11.3 Å². The molecule has 2 rings (SSSR count). The van der Waals surface area contributed by atoms with E-state index in [1.54, 1.807) is 19.2 Å². The van der Waals surface area contributed by atoms with Gasteiger partial charge in [0.05, 0.1) is 20.3 Å². The van der Waals surface area contributed by atoms with Crippen molar-refractivity contribution in [1.82, 2.24) is 0 Å². The molecule has 1 amide bonds. The molecule has 0 saturated carbocycles. The van der Waals surface area contributed by atoms with E-state index in [4.69, 9.17) is 14.2 Å². The zero-order valence-electron chi connectivity index (χ0n) is 15.9. The quantitative estimate of drug-likeness (QED) is 0.717. The van der Waals surface area contributed by atoms with Gasteiger partial charge in [0, 0.05) is 23.4 Å². The Kier molecular flexibility index (Phi) is 7.48. The van der Waals surface area contributed by atoms with Crippen LogP contribution in [0.1, 0.15) is 36.7 Å². The van der Waals surface area contributed by atoms with E-state index < -0.39 is 0 Å². The van der Waals surface area contributed by atoms with Crippen molar-refractivity contribution in [3.05, 3.63) is 53.6 Å². The van der Waals surface area contributed by atoms with Crippen LogP contribution in [0.3, 0.4) is 0 Å². The number of nitrogens with one attached hydrogen (secondary N) is 1. The largest absolute Gasteiger partial charge is 0.496 e. The number of carbonyl (C=O) groups excluding carboxylic acids is 1. The Bertz CT molecular complexity index is 710. The summed E-state index contributed by atoms with van der Waals surface area (Å²) in [6, 6.07) is 12.6. The maximum atomic E-state index is 12.5. The highest BCUT2D eigenvalue weighted by Gasteiger charge is 2.11. The highest BCUT2D eigenvalue weighted by Crippen LogP contribution is 2.22. The highest BCUT2D eigenvalue weighted by molar-refractivity contribution is 6.04. The average molecular weight is 357 g/mol. The summed E-state index contributed by atoms with van der Waals surface area (Å²) in [6.07, 6.45) is 0. The maximum Gasteiger partial charge on any atom is 0.255 e. The van der Waals surface area contributed by atoms with Crippen LogP contribution < -0.4 is 14.8 Å². The fourth-order valence-electron chi connectivity index (χ4n) is 2.44. The molecule has 0 aliphatic rings. The molecule has 0 aromatic heterocycles. The van der Waals surface area contributed by atoms with Crippen molar-refractivity contribution in [3.8, 4) is 11.5 Å². The zero-order chi connectivity index (χ0) is 18.9. The van der Waals surface area contributed by atoms with E-state index in [1.165, 1.54) is 0 Å². The lowest BCUT2D eigenvalue weighted by Gasteiger charge is -2.13. The van der Waals surface area contributed by atoms with Gasteiger partial charge in [0.1, 0.15) is 11.5 Å². The second kappa shape index (κ2) is 9.82. The van der Waals surface area contributed by atoms with E-state index in [0.717, 1.165) is 11.3 Å². The van der Waals surface area contributed by atoms with Crippen LogP contribution in [0.4, 0.5) is 5.69 Å². The van der Waals surface area contributed by atoms with E-state index >= 15 is 0 Å². The number of hydrogen-bond acceptors (Lipinski definition) is 4. The minimum Gasteiger partial charge on any atom is -0.496 e. The van der Waals surface area contributed by atoms with Gasteiger partial charge in [0.15, 0.2) is 0 Å². The van der Waals surface area contributed by atoms with E-state index in [1.807, 2.05) is 37.3 Å². The van der Waals surface area contributed by atoms with Crippen LogP contribution >= 0.6 is 0 Å². The molecular formula is C21H27NO4. The first-order valence-electron chi connectivity index (χ1n) is 8.82. The Morgan fingerprint density at radius 2 is 1.85 bits per heavy atom. The second-order valence-electron chi connectivity index (χ2n) is 6.35. The number of hydrogen-bond donors (Lipinski definition) is 1. The van der Waals surface area contributed by atoms with E-state index in [2.05, 4.69) is 19.2 Å². The van der Waals surface area contributed by atoms with Crippen LogP contribution in [0.5, 0.6) is 11.5 Å². The van der Waals surface area contributed by atoms with Crippen molar-refractivity contribution in [3.63, 3.8) is 0 Å². The smallest absolute Gasteiger partial charge is 0.255 e. The van der Waals surface area contributed by atoms with Gasteiger partial charge in [-0.1, -0.05) is 13.8 Å². The minimum atomic E-state index is -0.179. The third kappa shape index (κ3) is 5.77. The minimum absolute atomic E-state index is 0.179. The molecule has 0 bridgehead atoms. The summed E-state index contributed by atoms with van der Waals surface area (Å²) in [5.41, 5.74) is 2.13. The van der Waals surface area contributed by atoms with Crippen LogP contribution in [0.15, 0.2) is 42.5 Å². The lowest BCUT2D eigenvalue weighted by Crippen LogP contribution is -2.13. The summed E-state index contributed by atoms with van der Waals surface area (Å²) in [5.74, 6) is 1.76. The molecule has 0 fully saturated rings. The number of amides is 1. The summed E-state index contributed by atoms with van der Waals surface area (Å²) in [7, 11) is 1.61. The van der Waals surface area contributed by atoms with Crippen molar-refractivity contribution in [2.24, 2.45) is 5.92 Å². The Balaban J connectivity index is 2.07. The first-order chi connectivity index (χ1) is 12.5. The molecule has 26 heavy (non-hydrogen) atoms. The summed E-state index contributed by atoms with van der Waals surface area (Å²) in [4.78, 5) is 12.5. The van der Waals surface area contributed by atoms with Crippen molar-refractivity contribution in [2.75, 3.05) is 25.6 Å². The fraction of sp³-hybridized carbons (Fsp3) is 0.381. The van der Waals surface area contributed by atoms with E-state index in [0.29, 0.717) is 42.7 Å². The molecule has 0 unspecified atom stereocenters. The predicted molar refractivity (Wildman–Crippen MR) is 103 cm³/mol. The molecule has 1 N–H and O–H groups in total. The van der Waals surface area contributed by atoms with Crippen LogP contribution in [0.25, 0.3) is 0 Å². The molecule has 0 aliphatic carbocycles. The normalized spacial score (nSPS) is 10.7. The summed E-state index contributed by atoms with van der Waals surface area (Å²) in [5, 5.41) is 2.89. The van der Waals surface area contributed by atoms with Gasteiger partial charge in [-0.2, -0.15) is 0 Å². The van der Waals surface area contributed by atoms with Crippen LogP contribution in [0, 0.1) is 5.92 Å². The maximum absolute atomic E-state index is 12.5. The van der Waals surface area contributed by atoms with Gasteiger partial charge in [0.25, 0.3) is 5.91 Å². The molecule has 0 aliphatic heterocycles. The third-order valence-electron chi connectivity index (χ3n) is 3.67. The van der Waals surface area contributed by atoms with Crippen molar-refractivity contribution in [2.45, 2.75) is 27.4 Å². The lowest BCUT2D eigenvalue weighted by atomic mass is 10.1. The lowest BCUT2D eigenvalue weighted by molar-refractivity contribution is 0.0952. The summed E-state index contributed by atoms with van der Waals surface area (Å²) < 4.78 is 16.5. The monoisotopic (exact) mass is 357 g/mol. The second-order valence-corrected chi connectivity index (χ2v) is 6.35. The van der Waals surface area contributed by atoms with Gasteiger partial charge < -0.3 is 19.5 Å². The van der Waals surface area contributed by atoms with Gasteiger partial charge in [0.2, 0.25) is 0 Å². The number of anilines is 1. The van der Waals surface area contributed by atoms with Gasteiger partial charge in [-0.25, -0.2) is 0 Å². The zero-order valence-corrected chi connectivity index (χ0v) is 15.9. The fourth-order valence-corrected chi connectivity index (χ4v) is 2.44. The molecule has 0 heterocycles. The number of carbonyl (C=O) groups is 1. The first kappa shape index (κ1) is 19.8. The molecule has 0 radical (unpaired) electrons. The highest BCUT2D eigenvalue weighted by atomic mass is 16.5. The molecule has 0 spiro atoms. The SMILES string of the molecule is CCOc1ccc(NC(=O)c2ccc(OC)c(COCC(C)C)c2)cc1. The number of benzene rings is 2. The van der Waals surface area contributed by atoms with E-state index in [-0.39, 0.29) is 5.91 Å². The van der Waals surface area contributed by atoms with Crippen molar-refractivity contribution in [1.29, 1.82) is 0 Å². The van der Waals surface area contributed by atoms with Gasteiger partial charge >= 0.3 is 0 Å². The molecule has 2 aromatic rings. The van der Waals surface area contributed by atoms with E-state index in [9.17, 15) is 4.79 Å². The average Bonchev–Trinajstić information content (AvgIpc) is 2.63. The standard InChI is InChI=1S/C21H27NO4/c1-5-26-19-9-7-18(8-10-19)22-21(23)16-6-11-20(24-4)17(12-16)14-25-13-15(2)3/h6-12,15H,5,13-14H2,1-4H3,(H,22,23). The molecule has 0 atom stereocenters. The molecule has 5 nitrogen and oxygen atoms in total. The Morgan fingerprint density at radius 1 is 1.12 bits per heavy atom. The number of rotatable bonds is 9. The van der Waals surface area contributed by atoms with Gasteiger partial charge in [-0.3, -0.25) is 4.79 Å². The Morgan fingerprint density at radius 3 is 2.46 bits per heavy atom. The van der Waals surface area contributed by atoms with Crippen molar-refractivity contribution < 1.29 is 19.0 Å². The van der Waals surface area contributed by atoms with Crippen molar-refractivity contribution >= 4 is 11.6 Å². The molecule has 0 saturated heterocycles. The van der Waals surface area contributed by atoms with Crippen LogP contribution in [0.2, 0.25) is 0 Å². The Hall–Kier alpha value is -2.53. The van der Waals surface area contributed by atoms with Crippen LogP contribution in [-0.4, -0.2) is 26.2 Å². The molecule has 2 aromatic carbocycles. The molecular weight excluding hydrogens is 330 g/mol. The molecule has 140 valence electrons. The summed E-state index contributed by atoms with van der Waals surface area (Å²) in [6.45, 7) is 7.80.